The molecule has 2 aromatic rings. The van der Waals surface area contributed by atoms with Crippen LogP contribution < -0.4 is 0 Å². The van der Waals surface area contributed by atoms with E-state index in [0.717, 1.165) is 17.8 Å². The number of pyridine rings is 1. The van der Waals surface area contributed by atoms with Crippen molar-refractivity contribution in [1.82, 2.24) is 9.38 Å². The van der Waals surface area contributed by atoms with E-state index >= 15 is 0 Å². The molecule has 0 atom stereocenters. The summed E-state index contributed by atoms with van der Waals surface area (Å²) in [5, 5.41) is 0. The minimum absolute atomic E-state index is 1.04. The number of fused-ring (bicyclic) bond motifs is 1. The Kier molecular flexibility index (Phi) is 1.83. The lowest BCUT2D eigenvalue weighted by atomic mass is 10.3. The molecule has 13 heavy (non-hydrogen) atoms. The summed E-state index contributed by atoms with van der Waals surface area (Å²) in [6, 6.07) is 4.17. The molecule has 2 heteroatoms. The van der Waals surface area contributed by atoms with Crippen LogP contribution in [0, 0.1) is 13.8 Å². The summed E-state index contributed by atoms with van der Waals surface area (Å²) in [6.45, 7) is 6.34. The smallest absolute Gasteiger partial charge is 0.140 e. The van der Waals surface area contributed by atoms with Crippen molar-refractivity contribution in [3.05, 3.63) is 35.3 Å². The number of hydrogen-bond donors (Lipinski definition) is 0. The molecule has 0 aliphatic rings. The molecule has 0 amide bonds. The van der Waals surface area contributed by atoms with Crippen LogP contribution in [-0.2, 0) is 6.42 Å². The summed E-state index contributed by atoms with van der Waals surface area (Å²) in [6.07, 6.45) is 3.12. The molecule has 0 unspecified atom stereocenters. The first-order chi connectivity index (χ1) is 6.24. The SMILES string of the molecule is CCc1c(C)nc2c(C)cccn12. The Hall–Kier alpha value is -1.31. The Bertz CT molecular complexity index is 441. The molecule has 0 spiro atoms. The van der Waals surface area contributed by atoms with Crippen molar-refractivity contribution in [3.63, 3.8) is 0 Å². The van der Waals surface area contributed by atoms with Gasteiger partial charge in [-0.2, -0.15) is 0 Å². The highest BCUT2D eigenvalue weighted by molar-refractivity contribution is 5.50. The zero-order valence-electron chi connectivity index (χ0n) is 8.33. The zero-order chi connectivity index (χ0) is 9.42. The van der Waals surface area contributed by atoms with Crippen molar-refractivity contribution < 1.29 is 0 Å². The lowest BCUT2D eigenvalue weighted by Crippen LogP contribution is -1.92. The van der Waals surface area contributed by atoms with Crippen LogP contribution in [0.1, 0.15) is 23.9 Å². The van der Waals surface area contributed by atoms with Gasteiger partial charge in [0.2, 0.25) is 0 Å². The number of hydrogen-bond acceptors (Lipinski definition) is 1. The van der Waals surface area contributed by atoms with Gasteiger partial charge in [0.15, 0.2) is 0 Å². The lowest BCUT2D eigenvalue weighted by molar-refractivity contribution is 0.975. The van der Waals surface area contributed by atoms with E-state index in [1.165, 1.54) is 11.3 Å². The van der Waals surface area contributed by atoms with Crippen LogP contribution >= 0.6 is 0 Å². The maximum Gasteiger partial charge on any atom is 0.140 e. The predicted octanol–water partition coefficient (Wildman–Crippen LogP) is 2.51. The van der Waals surface area contributed by atoms with Crippen LogP contribution in [0.5, 0.6) is 0 Å². The van der Waals surface area contributed by atoms with E-state index in [1.807, 2.05) is 0 Å². The summed E-state index contributed by atoms with van der Waals surface area (Å²) < 4.78 is 2.19. The fourth-order valence-corrected chi connectivity index (χ4v) is 1.79. The maximum absolute atomic E-state index is 4.55. The van der Waals surface area contributed by atoms with Crippen LogP contribution in [0.15, 0.2) is 18.3 Å². The first-order valence-corrected chi connectivity index (χ1v) is 4.67. The molecular formula is C11H14N2. The summed E-state index contributed by atoms with van der Waals surface area (Å²) in [5.41, 5.74) is 4.80. The number of aryl methyl sites for hydroxylation is 3. The highest BCUT2D eigenvalue weighted by Gasteiger charge is 2.06. The first kappa shape index (κ1) is 8.30. The van der Waals surface area contributed by atoms with Gasteiger partial charge in [0.05, 0.1) is 5.69 Å². The monoisotopic (exact) mass is 174 g/mol. The van der Waals surface area contributed by atoms with E-state index in [2.05, 4.69) is 48.5 Å². The van der Waals surface area contributed by atoms with E-state index in [-0.39, 0.29) is 0 Å². The highest BCUT2D eigenvalue weighted by Crippen LogP contribution is 2.15. The van der Waals surface area contributed by atoms with Gasteiger partial charge in [-0.15, -0.1) is 0 Å². The van der Waals surface area contributed by atoms with E-state index in [9.17, 15) is 0 Å². The van der Waals surface area contributed by atoms with Gasteiger partial charge in [0, 0.05) is 11.9 Å². The summed E-state index contributed by atoms with van der Waals surface area (Å²) in [4.78, 5) is 4.55. The number of imidazole rings is 1. The molecule has 0 aliphatic heterocycles. The largest absolute Gasteiger partial charge is 0.304 e. The first-order valence-electron chi connectivity index (χ1n) is 4.67. The Balaban J connectivity index is 2.86. The molecular weight excluding hydrogens is 160 g/mol. The van der Waals surface area contributed by atoms with Crippen LogP contribution in [0.2, 0.25) is 0 Å². The number of aromatic nitrogens is 2. The summed E-state index contributed by atoms with van der Waals surface area (Å²) in [7, 11) is 0. The van der Waals surface area contributed by atoms with Gasteiger partial charge in [0.25, 0.3) is 0 Å². The third kappa shape index (κ3) is 1.13. The van der Waals surface area contributed by atoms with E-state index in [4.69, 9.17) is 0 Å². The average molecular weight is 174 g/mol. The summed E-state index contributed by atoms with van der Waals surface area (Å²) in [5.74, 6) is 0. The van der Waals surface area contributed by atoms with Crippen molar-refractivity contribution in [1.29, 1.82) is 0 Å². The predicted molar refractivity (Wildman–Crippen MR) is 54.0 cm³/mol. The van der Waals surface area contributed by atoms with Crippen LogP contribution in [0.4, 0.5) is 0 Å². The molecule has 2 rings (SSSR count). The van der Waals surface area contributed by atoms with Crippen LogP contribution in [0.25, 0.3) is 5.65 Å². The van der Waals surface area contributed by atoms with Gasteiger partial charge in [-0.3, -0.25) is 0 Å². The Morgan fingerprint density at radius 1 is 1.38 bits per heavy atom. The third-order valence-electron chi connectivity index (χ3n) is 2.48. The van der Waals surface area contributed by atoms with Crippen molar-refractivity contribution in [2.24, 2.45) is 0 Å². The van der Waals surface area contributed by atoms with Gasteiger partial charge in [-0.1, -0.05) is 13.0 Å². The second-order valence-electron chi connectivity index (χ2n) is 3.38. The van der Waals surface area contributed by atoms with Gasteiger partial charge in [-0.25, -0.2) is 4.98 Å². The van der Waals surface area contributed by atoms with Crippen LogP contribution in [-0.4, -0.2) is 9.38 Å². The number of rotatable bonds is 1. The quantitative estimate of drug-likeness (QED) is 0.649. The van der Waals surface area contributed by atoms with Crippen molar-refractivity contribution in [3.8, 4) is 0 Å². The molecule has 0 N–H and O–H groups in total. The topological polar surface area (TPSA) is 17.3 Å². The standard InChI is InChI=1S/C11H14N2/c1-4-10-9(3)12-11-8(2)6-5-7-13(10)11/h5-7H,4H2,1-3H3. The molecule has 0 aromatic carbocycles. The van der Waals surface area contributed by atoms with Crippen molar-refractivity contribution in [2.45, 2.75) is 27.2 Å². The third-order valence-corrected chi connectivity index (χ3v) is 2.48. The molecule has 0 fully saturated rings. The van der Waals surface area contributed by atoms with Gasteiger partial charge in [-0.05, 0) is 31.9 Å². The van der Waals surface area contributed by atoms with Gasteiger partial charge in [0.1, 0.15) is 5.65 Å². The van der Waals surface area contributed by atoms with Gasteiger partial charge >= 0.3 is 0 Å². The zero-order valence-corrected chi connectivity index (χ0v) is 8.33. The molecule has 2 heterocycles. The van der Waals surface area contributed by atoms with E-state index in [1.54, 1.807) is 0 Å². The highest BCUT2D eigenvalue weighted by atomic mass is 15.0. The van der Waals surface area contributed by atoms with E-state index < -0.39 is 0 Å². The Labute approximate surface area is 78.2 Å². The minimum Gasteiger partial charge on any atom is -0.304 e. The molecule has 0 aliphatic carbocycles. The molecule has 0 saturated heterocycles. The number of nitrogens with zero attached hydrogens (tertiary/aromatic N) is 2. The normalized spacial score (nSPS) is 11.0. The summed E-state index contributed by atoms with van der Waals surface area (Å²) >= 11 is 0. The molecule has 0 bridgehead atoms. The molecule has 68 valence electrons. The molecule has 0 saturated carbocycles. The van der Waals surface area contributed by atoms with Gasteiger partial charge < -0.3 is 4.40 Å². The minimum atomic E-state index is 1.04. The fraction of sp³-hybridized carbons (Fsp3) is 0.364. The van der Waals surface area contributed by atoms with Crippen molar-refractivity contribution >= 4 is 5.65 Å². The molecule has 2 nitrogen and oxygen atoms in total. The Morgan fingerprint density at radius 3 is 2.85 bits per heavy atom. The van der Waals surface area contributed by atoms with E-state index in [0.29, 0.717) is 0 Å². The Morgan fingerprint density at radius 2 is 2.15 bits per heavy atom. The van der Waals surface area contributed by atoms with Crippen LogP contribution in [0.3, 0.4) is 0 Å². The average Bonchev–Trinajstić information content (AvgIpc) is 2.43. The second-order valence-corrected chi connectivity index (χ2v) is 3.38. The second kappa shape index (κ2) is 2.87. The fourth-order valence-electron chi connectivity index (χ4n) is 1.79. The maximum atomic E-state index is 4.55. The molecule has 0 radical (unpaired) electrons. The van der Waals surface area contributed by atoms with Crippen molar-refractivity contribution in [2.75, 3.05) is 0 Å². The lowest BCUT2D eigenvalue weighted by Gasteiger charge is -1.99. The molecule has 2 aromatic heterocycles.